The van der Waals surface area contributed by atoms with E-state index < -0.39 is 0 Å². The standard InChI is InChI=1S/C19H25N3O2S/c23-18(20-11-15-6-4-10-24-15)13-22-9-3-5-14(12-22)19-21-16-7-1-2-8-17(16)25-19/h1-2,7-8,14-15H,3-6,9-13H2,(H,20,23)/t14-,15+/m1/s1. The van der Waals surface area contributed by atoms with Gasteiger partial charge in [0.15, 0.2) is 0 Å². The van der Waals surface area contributed by atoms with Crippen molar-refractivity contribution in [1.29, 1.82) is 0 Å². The van der Waals surface area contributed by atoms with Gasteiger partial charge in [-0.3, -0.25) is 9.69 Å². The molecule has 1 amide bonds. The first-order valence-electron chi connectivity index (χ1n) is 9.24. The maximum Gasteiger partial charge on any atom is 0.234 e. The number of carbonyl (C=O) groups is 1. The van der Waals surface area contributed by atoms with Gasteiger partial charge >= 0.3 is 0 Å². The lowest BCUT2D eigenvalue weighted by molar-refractivity contribution is -0.123. The smallest absolute Gasteiger partial charge is 0.234 e. The molecular formula is C19H25N3O2S. The third-order valence-corrected chi connectivity index (χ3v) is 6.28. The van der Waals surface area contributed by atoms with Crippen LogP contribution in [-0.2, 0) is 9.53 Å². The van der Waals surface area contributed by atoms with Gasteiger partial charge in [0.05, 0.1) is 27.9 Å². The topological polar surface area (TPSA) is 54.5 Å². The third kappa shape index (κ3) is 4.19. The van der Waals surface area contributed by atoms with E-state index in [9.17, 15) is 4.79 Å². The van der Waals surface area contributed by atoms with Crippen molar-refractivity contribution >= 4 is 27.5 Å². The Morgan fingerprint density at radius 3 is 3.08 bits per heavy atom. The molecule has 2 aliphatic heterocycles. The number of rotatable bonds is 5. The summed E-state index contributed by atoms with van der Waals surface area (Å²) in [6.45, 7) is 3.88. The molecule has 0 radical (unpaired) electrons. The predicted molar refractivity (Wildman–Crippen MR) is 100 cm³/mol. The van der Waals surface area contributed by atoms with E-state index in [1.165, 1.54) is 9.71 Å². The normalized spacial score (nSPS) is 24.6. The third-order valence-electron chi connectivity index (χ3n) is 5.08. The zero-order chi connectivity index (χ0) is 17.1. The molecule has 2 fully saturated rings. The highest BCUT2D eigenvalue weighted by Crippen LogP contribution is 2.32. The molecule has 2 atom stereocenters. The molecule has 2 saturated heterocycles. The molecule has 5 nitrogen and oxygen atoms in total. The van der Waals surface area contributed by atoms with E-state index in [1.54, 1.807) is 11.3 Å². The highest BCUT2D eigenvalue weighted by Gasteiger charge is 2.25. The fourth-order valence-corrected chi connectivity index (χ4v) is 4.85. The quantitative estimate of drug-likeness (QED) is 0.892. The average Bonchev–Trinajstić information content (AvgIpc) is 3.29. The summed E-state index contributed by atoms with van der Waals surface area (Å²) in [4.78, 5) is 19.3. The number of likely N-dealkylation sites (tertiary alicyclic amines) is 1. The van der Waals surface area contributed by atoms with E-state index in [-0.39, 0.29) is 12.0 Å². The second kappa shape index (κ2) is 7.81. The number of fused-ring (bicyclic) bond motifs is 1. The first-order chi connectivity index (χ1) is 12.3. The van der Waals surface area contributed by atoms with Gasteiger partial charge in [-0.15, -0.1) is 11.3 Å². The summed E-state index contributed by atoms with van der Waals surface area (Å²) in [7, 11) is 0. The van der Waals surface area contributed by atoms with Gasteiger partial charge in [-0.1, -0.05) is 12.1 Å². The number of thiazole rings is 1. The molecule has 6 heteroatoms. The Hall–Kier alpha value is -1.50. The first-order valence-corrected chi connectivity index (χ1v) is 10.1. The molecule has 0 unspecified atom stereocenters. The predicted octanol–water partition coefficient (Wildman–Crippen LogP) is 2.77. The van der Waals surface area contributed by atoms with Crippen molar-refractivity contribution in [3.8, 4) is 0 Å². The van der Waals surface area contributed by atoms with Gasteiger partial charge in [0.1, 0.15) is 0 Å². The fourth-order valence-electron chi connectivity index (χ4n) is 3.76. The Kier molecular flexibility index (Phi) is 5.29. The minimum atomic E-state index is 0.112. The van der Waals surface area contributed by atoms with E-state index in [1.807, 2.05) is 6.07 Å². The zero-order valence-corrected chi connectivity index (χ0v) is 15.3. The van der Waals surface area contributed by atoms with Crippen LogP contribution >= 0.6 is 11.3 Å². The Bertz CT molecular complexity index is 693. The fraction of sp³-hybridized carbons (Fsp3) is 0.579. The summed E-state index contributed by atoms with van der Waals surface area (Å²) in [6, 6.07) is 8.32. The van der Waals surface area contributed by atoms with Gasteiger partial charge in [0.2, 0.25) is 5.91 Å². The SMILES string of the molecule is O=C(CN1CCC[C@@H](c2nc3ccccc3s2)C1)NC[C@@H]1CCCO1. The molecule has 25 heavy (non-hydrogen) atoms. The van der Waals surface area contributed by atoms with Crippen molar-refractivity contribution in [3.05, 3.63) is 29.3 Å². The van der Waals surface area contributed by atoms with E-state index in [4.69, 9.17) is 9.72 Å². The molecule has 0 saturated carbocycles. The highest BCUT2D eigenvalue weighted by molar-refractivity contribution is 7.18. The molecule has 1 aromatic heterocycles. The number of carbonyl (C=O) groups excluding carboxylic acids is 1. The largest absolute Gasteiger partial charge is 0.376 e. The van der Waals surface area contributed by atoms with Crippen LogP contribution in [0.15, 0.2) is 24.3 Å². The van der Waals surface area contributed by atoms with E-state index in [0.29, 0.717) is 19.0 Å². The van der Waals surface area contributed by atoms with Gasteiger partial charge < -0.3 is 10.1 Å². The molecule has 3 heterocycles. The summed E-state index contributed by atoms with van der Waals surface area (Å²) in [5.74, 6) is 0.553. The van der Waals surface area contributed by atoms with Crippen molar-refractivity contribution in [2.75, 3.05) is 32.8 Å². The van der Waals surface area contributed by atoms with E-state index in [2.05, 4.69) is 28.4 Å². The summed E-state index contributed by atoms with van der Waals surface area (Å²) in [5, 5.41) is 4.24. The Morgan fingerprint density at radius 1 is 1.32 bits per heavy atom. The molecule has 4 rings (SSSR count). The number of piperidine rings is 1. The van der Waals surface area contributed by atoms with Crippen LogP contribution in [0.1, 0.15) is 36.6 Å². The average molecular weight is 359 g/mol. The van der Waals surface area contributed by atoms with Crippen molar-refractivity contribution in [3.63, 3.8) is 0 Å². The minimum Gasteiger partial charge on any atom is -0.376 e. The number of ether oxygens (including phenoxy) is 1. The van der Waals surface area contributed by atoms with E-state index in [0.717, 1.165) is 50.9 Å². The monoisotopic (exact) mass is 359 g/mol. The highest BCUT2D eigenvalue weighted by atomic mass is 32.1. The molecule has 0 bridgehead atoms. The van der Waals surface area contributed by atoms with Crippen molar-refractivity contribution < 1.29 is 9.53 Å². The molecule has 2 aliphatic rings. The van der Waals surface area contributed by atoms with Gasteiger partial charge in [0.25, 0.3) is 0 Å². The van der Waals surface area contributed by atoms with Crippen molar-refractivity contribution in [1.82, 2.24) is 15.2 Å². The molecule has 0 aliphatic carbocycles. The summed E-state index contributed by atoms with van der Waals surface area (Å²) < 4.78 is 6.82. The zero-order valence-electron chi connectivity index (χ0n) is 14.4. The molecule has 0 spiro atoms. The van der Waals surface area contributed by atoms with Crippen LogP contribution in [0.3, 0.4) is 0 Å². The summed E-state index contributed by atoms with van der Waals surface area (Å²) in [5.41, 5.74) is 1.09. The Labute approximate surface area is 152 Å². The molecule has 134 valence electrons. The molecule has 2 aromatic rings. The minimum absolute atomic E-state index is 0.112. The second-order valence-electron chi connectivity index (χ2n) is 7.03. The molecule has 1 N–H and O–H groups in total. The van der Waals surface area contributed by atoms with Crippen LogP contribution < -0.4 is 5.32 Å². The summed E-state index contributed by atoms with van der Waals surface area (Å²) in [6.07, 6.45) is 4.66. The number of nitrogens with zero attached hydrogens (tertiary/aromatic N) is 2. The Morgan fingerprint density at radius 2 is 2.24 bits per heavy atom. The maximum atomic E-state index is 12.2. The number of amides is 1. The number of hydrogen-bond donors (Lipinski definition) is 1. The molecular weight excluding hydrogens is 334 g/mol. The van der Waals surface area contributed by atoms with E-state index >= 15 is 0 Å². The van der Waals surface area contributed by atoms with Gasteiger partial charge in [0, 0.05) is 25.6 Å². The van der Waals surface area contributed by atoms with Crippen LogP contribution in [0, 0.1) is 0 Å². The van der Waals surface area contributed by atoms with Crippen LogP contribution in [0.25, 0.3) is 10.2 Å². The number of hydrogen-bond acceptors (Lipinski definition) is 5. The van der Waals surface area contributed by atoms with Gasteiger partial charge in [-0.25, -0.2) is 4.98 Å². The van der Waals surface area contributed by atoms with Crippen LogP contribution in [0.5, 0.6) is 0 Å². The first kappa shape index (κ1) is 16.9. The lowest BCUT2D eigenvalue weighted by atomic mass is 9.99. The van der Waals surface area contributed by atoms with Gasteiger partial charge in [-0.05, 0) is 44.4 Å². The second-order valence-corrected chi connectivity index (χ2v) is 8.10. The van der Waals surface area contributed by atoms with Crippen molar-refractivity contribution in [2.24, 2.45) is 0 Å². The van der Waals surface area contributed by atoms with Gasteiger partial charge in [-0.2, -0.15) is 0 Å². The number of aromatic nitrogens is 1. The lowest BCUT2D eigenvalue weighted by Crippen LogP contribution is -2.43. The number of nitrogens with one attached hydrogen (secondary N) is 1. The molecule has 1 aromatic carbocycles. The van der Waals surface area contributed by atoms with Crippen LogP contribution in [0.4, 0.5) is 0 Å². The lowest BCUT2D eigenvalue weighted by Gasteiger charge is -2.31. The van der Waals surface area contributed by atoms with Crippen molar-refractivity contribution in [2.45, 2.75) is 37.7 Å². The van der Waals surface area contributed by atoms with Crippen LogP contribution in [-0.4, -0.2) is 54.7 Å². The van der Waals surface area contributed by atoms with Crippen LogP contribution in [0.2, 0.25) is 0 Å². The number of benzene rings is 1. The maximum absolute atomic E-state index is 12.2. The number of para-hydroxylation sites is 1. The summed E-state index contributed by atoms with van der Waals surface area (Å²) >= 11 is 1.80. The Balaban J connectivity index is 1.31.